The summed E-state index contributed by atoms with van der Waals surface area (Å²) in [4.78, 5) is 31.7. The molecule has 0 aromatic heterocycles. The van der Waals surface area contributed by atoms with E-state index in [4.69, 9.17) is 11.5 Å². The number of aliphatic imine (C=N–C) groups is 1. The Morgan fingerprint density at radius 3 is 2.50 bits per heavy atom. The van der Waals surface area contributed by atoms with E-state index in [0.717, 1.165) is 48.8 Å². The molecule has 2 amide bonds. The molecular weight excluding hydrogens is 552 g/mol. The van der Waals surface area contributed by atoms with Crippen LogP contribution in [0.3, 0.4) is 0 Å². The highest BCUT2D eigenvalue weighted by molar-refractivity contribution is 7.89. The molecule has 1 saturated heterocycles. The number of rotatable bonds is 12. The van der Waals surface area contributed by atoms with E-state index in [-0.39, 0.29) is 29.0 Å². The van der Waals surface area contributed by atoms with Crippen molar-refractivity contribution in [2.75, 3.05) is 26.7 Å². The number of nitrogens with zero attached hydrogens (tertiary/aromatic N) is 2. The largest absolute Gasteiger partial charge is 0.387 e. The first-order valence-electron chi connectivity index (χ1n) is 14.9. The average Bonchev–Trinajstić information content (AvgIpc) is 3.01. The van der Waals surface area contributed by atoms with Crippen molar-refractivity contribution in [1.29, 1.82) is 0 Å². The number of piperidine rings is 1. The number of nitrogens with one attached hydrogen (secondary N) is 2. The third-order valence-electron chi connectivity index (χ3n) is 8.39. The molecule has 2 aliphatic heterocycles. The summed E-state index contributed by atoms with van der Waals surface area (Å²) in [7, 11) is -2.36. The predicted octanol–water partition coefficient (Wildman–Crippen LogP) is 2.42. The molecule has 0 saturated carbocycles. The number of benzene rings is 2. The molecule has 11 heteroatoms. The number of sulfonamides is 1. The number of hydrogen-bond donors (Lipinski definition) is 4. The topological polar surface area (TPSA) is 160 Å². The van der Waals surface area contributed by atoms with Crippen LogP contribution in [0.2, 0.25) is 0 Å². The van der Waals surface area contributed by atoms with Gasteiger partial charge in [-0.25, -0.2) is 8.42 Å². The van der Waals surface area contributed by atoms with Gasteiger partial charge in [0.1, 0.15) is 6.04 Å². The molecule has 228 valence electrons. The Morgan fingerprint density at radius 1 is 1.07 bits per heavy atom. The lowest BCUT2D eigenvalue weighted by Gasteiger charge is -2.34. The fourth-order valence-electron chi connectivity index (χ4n) is 5.82. The van der Waals surface area contributed by atoms with Crippen molar-refractivity contribution in [3.05, 3.63) is 65.2 Å². The Labute approximate surface area is 249 Å². The van der Waals surface area contributed by atoms with E-state index < -0.39 is 16.1 Å². The smallest absolute Gasteiger partial charge is 0.241 e. The van der Waals surface area contributed by atoms with E-state index in [1.54, 1.807) is 30.1 Å². The van der Waals surface area contributed by atoms with Gasteiger partial charge in [-0.2, -0.15) is 4.72 Å². The van der Waals surface area contributed by atoms with Crippen LogP contribution in [0.25, 0.3) is 0 Å². The van der Waals surface area contributed by atoms with Crippen molar-refractivity contribution in [3.63, 3.8) is 0 Å². The van der Waals surface area contributed by atoms with Gasteiger partial charge in [-0.15, -0.1) is 0 Å². The van der Waals surface area contributed by atoms with Crippen LogP contribution < -0.4 is 21.5 Å². The second-order valence-corrected chi connectivity index (χ2v) is 13.1. The van der Waals surface area contributed by atoms with E-state index in [0.29, 0.717) is 50.8 Å². The molecule has 10 nitrogen and oxygen atoms in total. The Bertz CT molecular complexity index is 1370. The molecule has 0 radical (unpaired) electrons. The van der Waals surface area contributed by atoms with Crippen LogP contribution in [-0.2, 0) is 32.6 Å². The zero-order chi connectivity index (χ0) is 30.1. The van der Waals surface area contributed by atoms with Crippen molar-refractivity contribution in [3.8, 4) is 0 Å². The fraction of sp³-hybridized carbons (Fsp3) is 0.516. The lowest BCUT2D eigenvalue weighted by molar-refractivity contribution is -0.134. The first kappa shape index (κ1) is 31.7. The summed E-state index contributed by atoms with van der Waals surface area (Å²) in [5.74, 6) is 0.983. The zero-order valence-corrected chi connectivity index (χ0v) is 25.2. The summed E-state index contributed by atoms with van der Waals surface area (Å²) in [6, 6.07) is 13.5. The van der Waals surface area contributed by atoms with Gasteiger partial charge in [0.15, 0.2) is 0 Å². The minimum absolute atomic E-state index is 0.0407. The van der Waals surface area contributed by atoms with Gasteiger partial charge < -0.3 is 21.7 Å². The summed E-state index contributed by atoms with van der Waals surface area (Å²) < 4.78 is 30.1. The molecule has 6 N–H and O–H groups in total. The van der Waals surface area contributed by atoms with E-state index >= 15 is 0 Å². The fourth-order valence-corrected chi connectivity index (χ4v) is 7.06. The summed E-state index contributed by atoms with van der Waals surface area (Å²) in [6.07, 6.45) is 5.63. The number of hydrogen-bond acceptors (Lipinski definition) is 7. The van der Waals surface area contributed by atoms with E-state index in [9.17, 15) is 18.0 Å². The molecule has 42 heavy (non-hydrogen) atoms. The van der Waals surface area contributed by atoms with Gasteiger partial charge in [-0.3, -0.25) is 14.6 Å². The third-order valence-corrected chi connectivity index (χ3v) is 9.86. The molecule has 4 rings (SSSR count). The Kier molecular flexibility index (Phi) is 11.1. The summed E-state index contributed by atoms with van der Waals surface area (Å²) in [6.45, 7) is 2.01. The molecule has 0 spiro atoms. The number of nitrogens with two attached hydrogens (primary N) is 2. The second-order valence-electron chi connectivity index (χ2n) is 11.4. The molecule has 2 heterocycles. The quantitative estimate of drug-likeness (QED) is 0.294. The van der Waals surface area contributed by atoms with Crippen LogP contribution in [0.15, 0.2) is 58.4 Å². The van der Waals surface area contributed by atoms with Gasteiger partial charge in [-0.05, 0) is 73.3 Å². The van der Waals surface area contributed by atoms with Crippen molar-refractivity contribution >= 4 is 27.7 Å². The molecule has 1 fully saturated rings. The maximum Gasteiger partial charge on any atom is 0.241 e. The molecular formula is C31H44N6O4S. The van der Waals surface area contributed by atoms with Gasteiger partial charge in [0.05, 0.1) is 10.7 Å². The number of amides is 2. The summed E-state index contributed by atoms with van der Waals surface area (Å²) >= 11 is 0. The standard InChI is InChI=1S/C31H44N6O4S/c1-34-30(38)10-3-5-22-13-15-37(16-14-22)31(39)28(18-23-6-2-7-24(17-23)20-32)36-42(40,41)27-9-4-8-25(19-27)26-11-12-29(33)35-21-26/h2,4,6-9,17,19,22,26,28,36H,3,5,10-16,18,20-21,32H2,1H3,(H2,33,35)(H,34,38)/t26?,28-/m1/s1. The molecule has 2 aliphatic rings. The average molecular weight is 597 g/mol. The van der Waals surface area contributed by atoms with Gasteiger partial charge in [0.2, 0.25) is 21.8 Å². The van der Waals surface area contributed by atoms with Crippen LogP contribution in [0, 0.1) is 5.92 Å². The molecule has 2 aromatic rings. The number of carbonyl (C=O) groups excluding carboxylic acids is 2. The zero-order valence-electron chi connectivity index (χ0n) is 24.4. The van der Waals surface area contributed by atoms with Gasteiger partial charge in [0.25, 0.3) is 0 Å². The summed E-state index contributed by atoms with van der Waals surface area (Å²) in [5, 5.41) is 2.65. The number of likely N-dealkylation sites (tertiary alicyclic amines) is 1. The summed E-state index contributed by atoms with van der Waals surface area (Å²) in [5.41, 5.74) is 14.3. The van der Waals surface area contributed by atoms with Gasteiger partial charge >= 0.3 is 0 Å². The third kappa shape index (κ3) is 8.62. The molecule has 2 atom stereocenters. The Hall–Kier alpha value is -3.28. The number of amidine groups is 1. The second kappa shape index (κ2) is 14.8. The predicted molar refractivity (Wildman–Crippen MR) is 164 cm³/mol. The van der Waals surface area contributed by atoms with Crippen molar-refractivity contribution in [2.24, 2.45) is 22.4 Å². The lowest BCUT2D eigenvalue weighted by Crippen LogP contribution is -2.51. The van der Waals surface area contributed by atoms with Gasteiger partial charge in [0, 0.05) is 52.0 Å². The molecule has 0 aliphatic carbocycles. The maximum absolute atomic E-state index is 13.9. The Morgan fingerprint density at radius 2 is 1.81 bits per heavy atom. The van der Waals surface area contributed by atoms with Gasteiger partial charge in [-0.1, -0.05) is 36.4 Å². The van der Waals surface area contributed by atoms with Crippen molar-refractivity contribution in [2.45, 2.75) is 74.8 Å². The van der Waals surface area contributed by atoms with Crippen molar-refractivity contribution < 1.29 is 18.0 Å². The molecule has 0 bridgehead atoms. The Balaban J connectivity index is 1.49. The van der Waals surface area contributed by atoms with Crippen LogP contribution in [0.1, 0.15) is 67.6 Å². The SMILES string of the molecule is CNC(=O)CCCC1CCN(C(=O)[C@@H](Cc2cccc(CN)c2)NS(=O)(=O)c2cccc(C3CCC(N)=NC3)c2)CC1. The highest BCUT2D eigenvalue weighted by atomic mass is 32.2. The molecule has 2 aromatic carbocycles. The first-order valence-corrected chi connectivity index (χ1v) is 16.3. The molecule has 1 unspecified atom stereocenters. The highest BCUT2D eigenvalue weighted by Gasteiger charge is 2.32. The highest BCUT2D eigenvalue weighted by Crippen LogP contribution is 2.27. The van der Waals surface area contributed by atoms with E-state index in [1.165, 1.54) is 0 Å². The van der Waals surface area contributed by atoms with E-state index in [1.807, 2.05) is 30.3 Å². The monoisotopic (exact) mass is 596 g/mol. The normalized spacial score (nSPS) is 18.8. The van der Waals surface area contributed by atoms with Crippen LogP contribution in [0.5, 0.6) is 0 Å². The lowest BCUT2D eigenvalue weighted by atomic mass is 9.91. The van der Waals surface area contributed by atoms with Crippen LogP contribution in [0.4, 0.5) is 0 Å². The maximum atomic E-state index is 13.9. The number of carbonyl (C=O) groups is 2. The first-order chi connectivity index (χ1) is 20.2. The van der Waals surface area contributed by atoms with Crippen molar-refractivity contribution in [1.82, 2.24) is 14.9 Å². The van der Waals surface area contributed by atoms with Crippen LogP contribution in [-0.4, -0.2) is 63.7 Å². The van der Waals surface area contributed by atoms with Crippen LogP contribution >= 0.6 is 0 Å². The minimum Gasteiger partial charge on any atom is -0.387 e. The van der Waals surface area contributed by atoms with E-state index in [2.05, 4.69) is 15.0 Å². The minimum atomic E-state index is -4.00.